The smallest absolute Gasteiger partial charge is 0.261 e. The van der Waals surface area contributed by atoms with E-state index in [0.717, 1.165) is 24.3 Å². The summed E-state index contributed by atoms with van der Waals surface area (Å²) in [4.78, 5) is 14.5. The van der Waals surface area contributed by atoms with Crippen LogP contribution in [0.4, 0.5) is 5.69 Å². The summed E-state index contributed by atoms with van der Waals surface area (Å²) in [7, 11) is 2.06. The van der Waals surface area contributed by atoms with Gasteiger partial charge in [-0.3, -0.25) is 4.79 Å². The first-order chi connectivity index (χ1) is 12.1. The van der Waals surface area contributed by atoms with Crippen LogP contribution in [0.1, 0.15) is 25.3 Å². The molecule has 2 aromatic carbocycles. The molecule has 25 heavy (non-hydrogen) atoms. The normalized spacial score (nSPS) is 11.6. The summed E-state index contributed by atoms with van der Waals surface area (Å²) in [5, 5.41) is 2.98. The van der Waals surface area contributed by atoms with E-state index in [2.05, 4.69) is 29.4 Å². The molecule has 0 aromatic heterocycles. The lowest BCUT2D eigenvalue weighted by Crippen LogP contribution is -2.39. The number of rotatable bonds is 9. The van der Waals surface area contributed by atoms with E-state index in [9.17, 15) is 4.79 Å². The van der Waals surface area contributed by atoms with Crippen LogP contribution in [0.2, 0.25) is 0 Å². The molecule has 0 heterocycles. The lowest BCUT2D eigenvalue weighted by Gasteiger charge is -2.20. The minimum absolute atomic E-state index is 0.0497. The van der Waals surface area contributed by atoms with Crippen molar-refractivity contribution in [3.05, 3.63) is 60.2 Å². The van der Waals surface area contributed by atoms with Crippen molar-refractivity contribution in [2.24, 2.45) is 0 Å². The van der Waals surface area contributed by atoms with Gasteiger partial charge in [0.2, 0.25) is 0 Å². The molecule has 4 heteroatoms. The van der Waals surface area contributed by atoms with Crippen LogP contribution in [0.3, 0.4) is 0 Å². The minimum Gasteiger partial charge on any atom is -0.481 e. The Morgan fingerprint density at radius 1 is 1.16 bits per heavy atom. The van der Waals surface area contributed by atoms with Crippen molar-refractivity contribution in [2.45, 2.75) is 32.8 Å². The molecule has 0 aliphatic carbocycles. The van der Waals surface area contributed by atoms with Gasteiger partial charge in [-0.1, -0.05) is 37.3 Å². The average Bonchev–Trinajstić information content (AvgIpc) is 2.63. The molecule has 0 saturated carbocycles. The Bertz CT molecular complexity index is 658. The topological polar surface area (TPSA) is 41.6 Å². The Balaban J connectivity index is 1.74. The van der Waals surface area contributed by atoms with Crippen molar-refractivity contribution < 1.29 is 9.53 Å². The molecule has 0 radical (unpaired) electrons. The molecule has 2 rings (SSSR count). The number of anilines is 1. The summed E-state index contributed by atoms with van der Waals surface area (Å²) in [6.07, 6.45) is 1.08. The lowest BCUT2D eigenvalue weighted by atomic mass is 10.2. The fourth-order valence-corrected chi connectivity index (χ4v) is 2.63. The van der Waals surface area contributed by atoms with Gasteiger partial charge in [0.15, 0.2) is 6.10 Å². The number of nitrogens with one attached hydrogen (secondary N) is 1. The van der Waals surface area contributed by atoms with Gasteiger partial charge in [0.1, 0.15) is 5.75 Å². The van der Waals surface area contributed by atoms with Crippen LogP contribution in [-0.2, 0) is 4.79 Å². The molecule has 4 nitrogen and oxygen atoms in total. The highest BCUT2D eigenvalue weighted by molar-refractivity contribution is 5.81. The molecular formula is C21H28N2O2. The summed E-state index contributed by atoms with van der Waals surface area (Å²) >= 11 is 0. The maximum atomic E-state index is 12.3. The second kappa shape index (κ2) is 9.72. The molecule has 0 bridgehead atoms. The third-order valence-corrected chi connectivity index (χ3v) is 4.10. The van der Waals surface area contributed by atoms with Gasteiger partial charge in [0.05, 0.1) is 0 Å². The molecule has 0 saturated heterocycles. The predicted molar refractivity (Wildman–Crippen MR) is 103 cm³/mol. The number of hydrogen-bond acceptors (Lipinski definition) is 3. The Kier molecular flexibility index (Phi) is 7.33. The highest BCUT2D eigenvalue weighted by Crippen LogP contribution is 2.15. The number of ether oxygens (including phenoxy) is 1. The first-order valence-electron chi connectivity index (χ1n) is 8.87. The molecule has 134 valence electrons. The molecule has 0 fully saturated rings. The number of carbonyl (C=O) groups is 1. The van der Waals surface area contributed by atoms with E-state index in [-0.39, 0.29) is 5.91 Å². The highest BCUT2D eigenvalue weighted by Gasteiger charge is 2.17. The Morgan fingerprint density at radius 2 is 1.92 bits per heavy atom. The number of para-hydroxylation sites is 1. The van der Waals surface area contributed by atoms with Gasteiger partial charge in [-0.25, -0.2) is 0 Å². The summed E-state index contributed by atoms with van der Waals surface area (Å²) in [6, 6.07) is 18.0. The number of hydrogen-bond donors (Lipinski definition) is 1. The van der Waals surface area contributed by atoms with Gasteiger partial charge in [0, 0.05) is 25.8 Å². The number of benzene rings is 2. The fourth-order valence-electron chi connectivity index (χ4n) is 2.63. The van der Waals surface area contributed by atoms with Crippen LogP contribution in [-0.4, -0.2) is 32.1 Å². The molecule has 1 atom stereocenters. The third-order valence-electron chi connectivity index (χ3n) is 4.10. The number of aryl methyl sites for hydroxylation is 1. The van der Waals surface area contributed by atoms with Crippen LogP contribution in [0, 0.1) is 6.92 Å². The summed E-state index contributed by atoms with van der Waals surface area (Å²) in [5.74, 6) is 0.692. The monoisotopic (exact) mass is 340 g/mol. The van der Waals surface area contributed by atoms with Gasteiger partial charge in [-0.15, -0.1) is 0 Å². The van der Waals surface area contributed by atoms with Crippen molar-refractivity contribution >= 4 is 11.6 Å². The Labute approximate surface area is 150 Å². The molecule has 0 aliphatic heterocycles. The van der Waals surface area contributed by atoms with Gasteiger partial charge in [0.25, 0.3) is 5.91 Å². The van der Waals surface area contributed by atoms with Crippen molar-refractivity contribution in [2.75, 3.05) is 25.0 Å². The second-order valence-electron chi connectivity index (χ2n) is 6.23. The van der Waals surface area contributed by atoms with E-state index in [4.69, 9.17) is 4.74 Å². The molecule has 0 aliphatic rings. The van der Waals surface area contributed by atoms with E-state index in [0.29, 0.717) is 13.0 Å². The maximum Gasteiger partial charge on any atom is 0.261 e. The second-order valence-corrected chi connectivity index (χ2v) is 6.23. The van der Waals surface area contributed by atoms with E-state index < -0.39 is 6.10 Å². The Morgan fingerprint density at radius 3 is 2.60 bits per heavy atom. The zero-order valence-corrected chi connectivity index (χ0v) is 15.4. The van der Waals surface area contributed by atoms with E-state index in [1.165, 1.54) is 5.69 Å². The lowest BCUT2D eigenvalue weighted by molar-refractivity contribution is -0.128. The number of carbonyl (C=O) groups excluding carboxylic acids is 1. The van der Waals surface area contributed by atoms with Gasteiger partial charge in [-0.05, 0) is 49.6 Å². The van der Waals surface area contributed by atoms with E-state index in [1.54, 1.807) is 0 Å². The largest absolute Gasteiger partial charge is 0.481 e. The highest BCUT2D eigenvalue weighted by atomic mass is 16.5. The summed E-state index contributed by atoms with van der Waals surface area (Å²) < 4.78 is 5.83. The summed E-state index contributed by atoms with van der Waals surface area (Å²) in [6.45, 7) is 5.50. The molecule has 0 spiro atoms. The Hall–Kier alpha value is -2.49. The molecule has 1 amide bonds. The van der Waals surface area contributed by atoms with Crippen LogP contribution < -0.4 is 15.0 Å². The van der Waals surface area contributed by atoms with E-state index >= 15 is 0 Å². The zero-order valence-electron chi connectivity index (χ0n) is 15.4. The van der Waals surface area contributed by atoms with E-state index in [1.807, 2.05) is 56.3 Å². The fraction of sp³-hybridized carbons (Fsp3) is 0.381. The van der Waals surface area contributed by atoms with Crippen LogP contribution in [0.5, 0.6) is 5.75 Å². The van der Waals surface area contributed by atoms with Crippen molar-refractivity contribution in [1.29, 1.82) is 0 Å². The molecule has 1 N–H and O–H groups in total. The number of amides is 1. The van der Waals surface area contributed by atoms with Crippen LogP contribution >= 0.6 is 0 Å². The molecular weight excluding hydrogens is 312 g/mol. The SMILES string of the molecule is CC[C@H](Oc1cccc(C)c1)C(=O)NCCCN(C)c1ccccc1. The third kappa shape index (κ3) is 6.14. The van der Waals surface area contributed by atoms with Gasteiger partial charge >= 0.3 is 0 Å². The standard InChI is InChI=1S/C21H28N2O2/c1-4-20(25-19-13-8-10-17(2)16-19)21(24)22-14-9-15-23(3)18-11-6-5-7-12-18/h5-8,10-13,16,20H,4,9,14-15H2,1-3H3,(H,22,24)/t20-/m0/s1. The summed E-state index contributed by atoms with van der Waals surface area (Å²) in [5.41, 5.74) is 2.31. The van der Waals surface area contributed by atoms with Crippen molar-refractivity contribution in [1.82, 2.24) is 5.32 Å². The van der Waals surface area contributed by atoms with Gasteiger partial charge < -0.3 is 15.0 Å². The zero-order chi connectivity index (χ0) is 18.1. The predicted octanol–water partition coefficient (Wildman–Crippen LogP) is 3.80. The van der Waals surface area contributed by atoms with Crippen LogP contribution in [0.15, 0.2) is 54.6 Å². The first-order valence-corrected chi connectivity index (χ1v) is 8.87. The minimum atomic E-state index is -0.450. The maximum absolute atomic E-state index is 12.3. The van der Waals surface area contributed by atoms with Crippen molar-refractivity contribution in [3.63, 3.8) is 0 Å². The molecule has 2 aromatic rings. The van der Waals surface area contributed by atoms with Gasteiger partial charge in [-0.2, -0.15) is 0 Å². The first kappa shape index (κ1) is 18.8. The van der Waals surface area contributed by atoms with Crippen LogP contribution in [0.25, 0.3) is 0 Å². The molecule has 0 unspecified atom stereocenters. The number of nitrogens with zero attached hydrogens (tertiary/aromatic N) is 1. The van der Waals surface area contributed by atoms with Crippen molar-refractivity contribution in [3.8, 4) is 5.75 Å². The quantitative estimate of drug-likeness (QED) is 0.706. The average molecular weight is 340 g/mol.